The fraction of sp³-hybridized carbons (Fsp3) is 0.556. The summed E-state index contributed by atoms with van der Waals surface area (Å²) in [7, 11) is 0. The Morgan fingerprint density at radius 3 is 2.00 bits per heavy atom. The maximum Gasteiger partial charge on any atom is -0.000932 e. The number of nitrogens with one attached hydrogen (secondary N) is 1. The maximum atomic E-state index is 2.99. The molecule has 0 spiro atoms. The van der Waals surface area contributed by atoms with E-state index in [0.29, 0.717) is 0 Å². The molecule has 0 aliphatic heterocycles. The quantitative estimate of drug-likeness (QED) is 0.623. The summed E-state index contributed by atoms with van der Waals surface area (Å²) in [5.41, 5.74) is 1.28. The molecule has 0 rings (SSSR count). The van der Waals surface area contributed by atoms with Crippen molar-refractivity contribution in [2.75, 3.05) is 0 Å². The zero-order chi connectivity index (χ0) is 8.41. The second-order valence-corrected chi connectivity index (χ2v) is 1.89. The first kappa shape index (κ1) is 12.0. The van der Waals surface area contributed by atoms with Crippen LogP contribution in [0.15, 0.2) is 24.0 Å². The molecule has 0 unspecified atom stereocenters. The average Bonchev–Trinajstić information content (AvgIpc) is 1.92. The third-order valence-electron chi connectivity index (χ3n) is 0.635. The largest absolute Gasteiger partial charge is 0.368 e. The summed E-state index contributed by atoms with van der Waals surface area (Å²) in [6, 6.07) is 0. The molecule has 0 aromatic carbocycles. The van der Waals surface area contributed by atoms with Crippen LogP contribution < -0.4 is 5.32 Å². The minimum absolute atomic E-state index is 1.28. The van der Waals surface area contributed by atoms with Crippen LogP contribution in [0.3, 0.4) is 0 Å². The van der Waals surface area contributed by atoms with E-state index in [1.54, 1.807) is 0 Å². The van der Waals surface area contributed by atoms with Gasteiger partial charge in [0.05, 0.1) is 0 Å². The van der Waals surface area contributed by atoms with E-state index in [1.165, 1.54) is 5.57 Å². The van der Waals surface area contributed by atoms with Crippen molar-refractivity contribution in [2.24, 2.45) is 0 Å². The van der Waals surface area contributed by atoms with E-state index >= 15 is 0 Å². The minimum Gasteiger partial charge on any atom is -0.368 e. The van der Waals surface area contributed by atoms with Crippen molar-refractivity contribution in [2.45, 2.75) is 34.6 Å². The van der Waals surface area contributed by atoms with E-state index in [2.05, 4.69) is 19.2 Å². The van der Waals surface area contributed by atoms with Crippen LogP contribution in [0.25, 0.3) is 0 Å². The van der Waals surface area contributed by atoms with Gasteiger partial charge in [-0.3, -0.25) is 0 Å². The second-order valence-electron chi connectivity index (χ2n) is 1.89. The molecular weight excluding hydrogens is 122 g/mol. The van der Waals surface area contributed by atoms with E-state index in [0.717, 1.165) is 0 Å². The van der Waals surface area contributed by atoms with Gasteiger partial charge in [-0.1, -0.05) is 25.5 Å². The molecule has 0 saturated heterocycles. The molecule has 0 aliphatic carbocycles. The van der Waals surface area contributed by atoms with Crippen LogP contribution in [0, 0.1) is 0 Å². The molecule has 0 heterocycles. The Balaban J connectivity index is 0. The summed E-state index contributed by atoms with van der Waals surface area (Å²) in [6.07, 6.45) is 5.81. The molecule has 0 fully saturated rings. The first-order chi connectivity index (χ1) is 4.77. The van der Waals surface area contributed by atoms with Gasteiger partial charge in [0.25, 0.3) is 0 Å². The van der Waals surface area contributed by atoms with Crippen LogP contribution in [-0.4, -0.2) is 0 Å². The van der Waals surface area contributed by atoms with Gasteiger partial charge in [0.1, 0.15) is 0 Å². The first-order valence-electron chi connectivity index (χ1n) is 3.78. The van der Waals surface area contributed by atoms with E-state index in [1.807, 2.05) is 39.2 Å². The lowest BCUT2D eigenvalue weighted by Crippen LogP contribution is -1.91. The third kappa shape index (κ3) is 15.7. The Bertz CT molecular complexity index is 97.3. The maximum absolute atomic E-state index is 2.99. The summed E-state index contributed by atoms with van der Waals surface area (Å²) in [6.45, 7) is 10.1. The van der Waals surface area contributed by atoms with Gasteiger partial charge in [0, 0.05) is 0 Å². The van der Waals surface area contributed by atoms with Crippen molar-refractivity contribution in [1.29, 1.82) is 0 Å². The molecule has 1 nitrogen and oxygen atoms in total. The van der Waals surface area contributed by atoms with Gasteiger partial charge < -0.3 is 5.32 Å². The van der Waals surface area contributed by atoms with E-state index in [-0.39, 0.29) is 0 Å². The highest BCUT2D eigenvalue weighted by atomic mass is 14.8. The van der Waals surface area contributed by atoms with Crippen molar-refractivity contribution >= 4 is 0 Å². The molecule has 0 radical (unpaired) electrons. The Labute approximate surface area is 64.8 Å². The first-order valence-corrected chi connectivity index (χ1v) is 3.78. The Kier molecular flexibility index (Phi) is 13.4. The molecule has 60 valence electrons. The number of hydrogen-bond acceptors (Lipinski definition) is 1. The molecular formula is C9H19N. The van der Waals surface area contributed by atoms with Crippen molar-refractivity contribution in [3.63, 3.8) is 0 Å². The number of rotatable bonds is 2. The summed E-state index contributed by atoms with van der Waals surface area (Å²) in [5.74, 6) is 0. The molecule has 1 N–H and O–H groups in total. The average molecular weight is 141 g/mol. The zero-order valence-corrected chi connectivity index (χ0v) is 7.73. The standard InChI is InChI=1S/C7H13N.C2H6/c1-4-5-8-6-7(2)3;1-2/h4-6,8H,1-3H3;1-2H3/b5-4-;. The SMILES string of the molecule is C/C=C\NC=C(C)C.CC. The summed E-state index contributed by atoms with van der Waals surface area (Å²) in [4.78, 5) is 0. The van der Waals surface area contributed by atoms with Crippen molar-refractivity contribution in [3.05, 3.63) is 24.0 Å². The van der Waals surface area contributed by atoms with Crippen LogP contribution in [0.4, 0.5) is 0 Å². The lowest BCUT2D eigenvalue weighted by atomic mass is 10.4. The molecule has 0 aromatic rings. The van der Waals surface area contributed by atoms with Gasteiger partial charge in [-0.25, -0.2) is 0 Å². The van der Waals surface area contributed by atoms with Crippen LogP contribution >= 0.6 is 0 Å². The molecule has 10 heavy (non-hydrogen) atoms. The van der Waals surface area contributed by atoms with E-state index in [4.69, 9.17) is 0 Å². The highest BCUT2D eigenvalue weighted by Gasteiger charge is 1.68. The van der Waals surface area contributed by atoms with Crippen molar-refractivity contribution in [3.8, 4) is 0 Å². The lowest BCUT2D eigenvalue weighted by molar-refractivity contribution is 1.14. The monoisotopic (exact) mass is 141 g/mol. The molecule has 0 aromatic heterocycles. The van der Waals surface area contributed by atoms with E-state index < -0.39 is 0 Å². The van der Waals surface area contributed by atoms with Gasteiger partial charge in [-0.15, -0.1) is 0 Å². The molecule has 0 aliphatic rings. The predicted molar refractivity (Wildman–Crippen MR) is 48.7 cm³/mol. The molecule has 1 heteroatoms. The normalized spacial score (nSPS) is 8.10. The highest BCUT2D eigenvalue weighted by Crippen LogP contribution is 1.82. The number of hydrogen-bond donors (Lipinski definition) is 1. The fourth-order valence-corrected chi connectivity index (χ4v) is 0.311. The van der Waals surface area contributed by atoms with Crippen LogP contribution in [0.5, 0.6) is 0 Å². The van der Waals surface area contributed by atoms with Gasteiger partial charge >= 0.3 is 0 Å². The van der Waals surface area contributed by atoms with Crippen LogP contribution in [0.2, 0.25) is 0 Å². The van der Waals surface area contributed by atoms with E-state index in [9.17, 15) is 0 Å². The topological polar surface area (TPSA) is 12.0 Å². The molecule has 0 amide bonds. The van der Waals surface area contributed by atoms with Crippen molar-refractivity contribution in [1.82, 2.24) is 5.32 Å². The zero-order valence-electron chi connectivity index (χ0n) is 7.73. The van der Waals surface area contributed by atoms with Gasteiger partial charge in [0.15, 0.2) is 0 Å². The molecule has 0 bridgehead atoms. The van der Waals surface area contributed by atoms with Crippen molar-refractivity contribution < 1.29 is 0 Å². The highest BCUT2D eigenvalue weighted by molar-refractivity contribution is 4.94. The van der Waals surface area contributed by atoms with Gasteiger partial charge in [0.2, 0.25) is 0 Å². The summed E-state index contributed by atoms with van der Waals surface area (Å²) >= 11 is 0. The number of allylic oxidation sites excluding steroid dienone is 2. The molecule has 0 saturated carbocycles. The van der Waals surface area contributed by atoms with Crippen LogP contribution in [0.1, 0.15) is 34.6 Å². The van der Waals surface area contributed by atoms with Crippen LogP contribution in [-0.2, 0) is 0 Å². The fourth-order valence-electron chi connectivity index (χ4n) is 0.311. The summed E-state index contributed by atoms with van der Waals surface area (Å²) in [5, 5.41) is 2.99. The Morgan fingerprint density at radius 2 is 1.70 bits per heavy atom. The summed E-state index contributed by atoms with van der Waals surface area (Å²) < 4.78 is 0. The smallest absolute Gasteiger partial charge is 0.000932 e. The molecule has 0 atom stereocenters. The Hall–Kier alpha value is -0.720. The Morgan fingerprint density at radius 1 is 1.20 bits per heavy atom. The second kappa shape index (κ2) is 11.1. The minimum atomic E-state index is 1.28. The third-order valence-corrected chi connectivity index (χ3v) is 0.635. The van der Waals surface area contributed by atoms with Gasteiger partial charge in [-0.2, -0.15) is 0 Å². The van der Waals surface area contributed by atoms with Gasteiger partial charge in [-0.05, 0) is 33.2 Å². The predicted octanol–water partition coefficient (Wildman–Crippen LogP) is 3.06. The lowest BCUT2D eigenvalue weighted by Gasteiger charge is -1.88.